The van der Waals surface area contributed by atoms with Gasteiger partial charge in [-0.15, -0.1) is 0 Å². The number of benzene rings is 2. The van der Waals surface area contributed by atoms with Crippen LogP contribution >= 0.6 is 0 Å². The third-order valence-electron chi connectivity index (χ3n) is 6.53. The monoisotopic (exact) mass is 403 g/mol. The Balaban J connectivity index is 1.11. The minimum absolute atomic E-state index is 0.113. The molecule has 2 aromatic carbocycles. The molecule has 0 saturated carbocycles. The zero-order chi connectivity index (χ0) is 20.5. The molecule has 2 atom stereocenters. The number of urea groups is 1. The predicted octanol–water partition coefficient (Wildman–Crippen LogP) is 4.08. The number of aryl methyl sites for hydroxylation is 1. The third-order valence-corrected chi connectivity index (χ3v) is 6.53. The van der Waals surface area contributed by atoms with Gasteiger partial charge in [-0.2, -0.15) is 0 Å². The van der Waals surface area contributed by atoms with E-state index in [0.29, 0.717) is 6.54 Å². The predicted molar refractivity (Wildman–Crippen MR) is 117 cm³/mol. The second-order valence-corrected chi connectivity index (χ2v) is 8.55. The van der Waals surface area contributed by atoms with Crippen molar-refractivity contribution in [2.75, 3.05) is 13.1 Å². The van der Waals surface area contributed by atoms with E-state index in [2.05, 4.69) is 54.4 Å². The first-order valence-corrected chi connectivity index (χ1v) is 11.0. The Bertz CT molecular complexity index is 918. The fourth-order valence-corrected chi connectivity index (χ4v) is 4.82. The van der Waals surface area contributed by atoms with Crippen LogP contribution in [0, 0.1) is 0 Å². The normalized spacial score (nSPS) is 22.8. The van der Waals surface area contributed by atoms with Crippen molar-refractivity contribution in [1.82, 2.24) is 15.1 Å². The molecule has 2 aromatic rings. The van der Waals surface area contributed by atoms with Crippen LogP contribution in [0.15, 0.2) is 60.8 Å². The minimum atomic E-state index is 0.113. The molecule has 2 unspecified atom stereocenters. The average Bonchev–Trinajstić information content (AvgIpc) is 3.34. The first kappa shape index (κ1) is 19.2. The lowest BCUT2D eigenvalue weighted by atomic mass is 10.0. The Morgan fingerprint density at radius 1 is 1.07 bits per heavy atom. The maximum atomic E-state index is 12.6. The molecule has 5 rings (SSSR count). The van der Waals surface area contributed by atoms with Crippen molar-refractivity contribution in [1.29, 1.82) is 0 Å². The number of nitrogens with zero attached hydrogens (tertiary/aromatic N) is 2. The quantitative estimate of drug-likeness (QED) is 0.790. The molecule has 3 heterocycles. The van der Waals surface area contributed by atoms with E-state index in [1.165, 1.54) is 11.1 Å². The summed E-state index contributed by atoms with van der Waals surface area (Å²) in [6, 6.07) is 17.2. The molecule has 2 amide bonds. The van der Waals surface area contributed by atoms with Crippen molar-refractivity contribution in [2.45, 2.75) is 50.9 Å². The van der Waals surface area contributed by atoms with Crippen LogP contribution in [0.2, 0.25) is 0 Å². The molecular weight excluding hydrogens is 374 g/mol. The Morgan fingerprint density at radius 3 is 2.70 bits per heavy atom. The van der Waals surface area contributed by atoms with Gasteiger partial charge in [0, 0.05) is 25.3 Å². The summed E-state index contributed by atoms with van der Waals surface area (Å²) in [6.07, 6.45) is 4.48. The fourth-order valence-electron chi connectivity index (χ4n) is 4.82. The number of carbonyl (C=O) groups excluding carboxylic acids is 1. The molecule has 1 N–H and O–H groups in total. The van der Waals surface area contributed by atoms with Gasteiger partial charge < -0.3 is 15.0 Å². The Labute approximate surface area is 178 Å². The molecule has 2 saturated heterocycles. The lowest BCUT2D eigenvalue weighted by molar-refractivity contribution is 0.170. The molecule has 0 bridgehead atoms. The van der Waals surface area contributed by atoms with E-state index in [0.717, 1.165) is 62.3 Å². The Morgan fingerprint density at radius 2 is 1.87 bits per heavy atom. The van der Waals surface area contributed by atoms with Gasteiger partial charge in [-0.1, -0.05) is 49.0 Å². The summed E-state index contributed by atoms with van der Waals surface area (Å²) in [5, 5.41) is 3.53. The molecule has 3 aliphatic rings. The molecule has 30 heavy (non-hydrogen) atoms. The van der Waals surface area contributed by atoms with Crippen LogP contribution in [-0.4, -0.2) is 41.1 Å². The average molecular weight is 404 g/mol. The molecule has 0 spiro atoms. The van der Waals surface area contributed by atoms with Crippen LogP contribution in [0.1, 0.15) is 36.0 Å². The van der Waals surface area contributed by atoms with Gasteiger partial charge in [-0.3, -0.25) is 4.90 Å². The summed E-state index contributed by atoms with van der Waals surface area (Å²) < 4.78 is 6.10. The van der Waals surface area contributed by atoms with Gasteiger partial charge in [0.2, 0.25) is 0 Å². The maximum Gasteiger partial charge on any atom is 0.325 e. The Kier molecular flexibility index (Phi) is 5.21. The van der Waals surface area contributed by atoms with E-state index >= 15 is 0 Å². The van der Waals surface area contributed by atoms with Gasteiger partial charge in [0.05, 0.1) is 12.6 Å². The van der Waals surface area contributed by atoms with Crippen molar-refractivity contribution in [3.63, 3.8) is 0 Å². The van der Waals surface area contributed by atoms with Crippen molar-refractivity contribution >= 4 is 6.03 Å². The van der Waals surface area contributed by atoms with Crippen molar-refractivity contribution in [3.05, 3.63) is 77.5 Å². The number of hydrogen-bond donors (Lipinski definition) is 1. The van der Waals surface area contributed by atoms with E-state index in [-0.39, 0.29) is 18.2 Å². The topological polar surface area (TPSA) is 44.8 Å². The number of carbonyl (C=O) groups is 1. The van der Waals surface area contributed by atoms with Crippen LogP contribution in [0.25, 0.3) is 0 Å². The number of rotatable bonds is 6. The SMILES string of the molecule is C=C1C2CCCN2C(=O)N1Cc1ccc(CNCC2CCc3ccccc3O2)cc1. The second-order valence-electron chi connectivity index (χ2n) is 8.55. The van der Waals surface area contributed by atoms with Crippen LogP contribution in [0.3, 0.4) is 0 Å². The third kappa shape index (κ3) is 3.70. The van der Waals surface area contributed by atoms with Crippen LogP contribution in [-0.2, 0) is 19.5 Å². The minimum Gasteiger partial charge on any atom is -0.489 e. The van der Waals surface area contributed by atoms with E-state index in [4.69, 9.17) is 4.74 Å². The van der Waals surface area contributed by atoms with Crippen LogP contribution in [0.4, 0.5) is 4.79 Å². The van der Waals surface area contributed by atoms with Crippen LogP contribution < -0.4 is 10.1 Å². The summed E-state index contributed by atoms with van der Waals surface area (Å²) in [5.41, 5.74) is 4.64. The highest BCUT2D eigenvalue weighted by atomic mass is 16.5. The Hall–Kier alpha value is -2.79. The van der Waals surface area contributed by atoms with Crippen molar-refractivity contribution in [2.24, 2.45) is 0 Å². The molecule has 0 aliphatic carbocycles. The van der Waals surface area contributed by atoms with Gasteiger partial charge in [0.25, 0.3) is 0 Å². The zero-order valence-electron chi connectivity index (χ0n) is 17.3. The van der Waals surface area contributed by atoms with E-state index in [9.17, 15) is 4.79 Å². The first-order valence-electron chi connectivity index (χ1n) is 11.0. The number of amides is 2. The lowest BCUT2D eigenvalue weighted by Gasteiger charge is -2.26. The highest BCUT2D eigenvalue weighted by Gasteiger charge is 2.42. The molecule has 0 radical (unpaired) electrons. The lowest BCUT2D eigenvalue weighted by Crippen LogP contribution is -2.33. The van der Waals surface area contributed by atoms with Crippen molar-refractivity contribution in [3.8, 4) is 5.75 Å². The molecule has 5 heteroatoms. The number of fused-ring (bicyclic) bond motifs is 2. The molecule has 156 valence electrons. The highest BCUT2D eigenvalue weighted by molar-refractivity contribution is 5.81. The molecule has 0 aromatic heterocycles. The maximum absolute atomic E-state index is 12.6. The number of para-hydroxylation sites is 1. The number of hydrogen-bond acceptors (Lipinski definition) is 3. The largest absolute Gasteiger partial charge is 0.489 e. The molecule has 2 fully saturated rings. The number of ether oxygens (including phenoxy) is 1. The highest BCUT2D eigenvalue weighted by Crippen LogP contribution is 2.34. The molecule has 3 aliphatic heterocycles. The summed E-state index contributed by atoms with van der Waals surface area (Å²) in [6.45, 7) is 7.30. The standard InChI is InChI=1S/C25H29N3O2/c1-18-23-6-4-14-27(23)25(29)28(18)17-20-10-8-19(9-11-20)15-26-16-22-13-12-21-5-2-3-7-24(21)30-22/h2-3,5,7-11,22-23,26H,1,4,6,12-17H2. The summed E-state index contributed by atoms with van der Waals surface area (Å²) >= 11 is 0. The second kappa shape index (κ2) is 8.15. The molecular formula is C25H29N3O2. The van der Waals surface area contributed by atoms with Gasteiger partial charge in [-0.25, -0.2) is 4.79 Å². The number of nitrogens with one attached hydrogen (secondary N) is 1. The van der Waals surface area contributed by atoms with Crippen LogP contribution in [0.5, 0.6) is 5.75 Å². The van der Waals surface area contributed by atoms with E-state index in [1.54, 1.807) is 0 Å². The van der Waals surface area contributed by atoms with Crippen molar-refractivity contribution < 1.29 is 9.53 Å². The summed E-state index contributed by atoms with van der Waals surface area (Å²) in [4.78, 5) is 16.4. The van der Waals surface area contributed by atoms with E-state index < -0.39 is 0 Å². The van der Waals surface area contributed by atoms with E-state index in [1.807, 2.05) is 15.9 Å². The smallest absolute Gasteiger partial charge is 0.325 e. The van der Waals surface area contributed by atoms with Gasteiger partial charge in [0.1, 0.15) is 11.9 Å². The van der Waals surface area contributed by atoms with Gasteiger partial charge in [-0.05, 0) is 48.4 Å². The fraction of sp³-hybridized carbons (Fsp3) is 0.400. The molecule has 5 nitrogen and oxygen atoms in total. The zero-order valence-corrected chi connectivity index (χ0v) is 17.3. The van der Waals surface area contributed by atoms with Gasteiger partial charge >= 0.3 is 6.03 Å². The first-order chi connectivity index (χ1) is 14.7. The van der Waals surface area contributed by atoms with Gasteiger partial charge in [0.15, 0.2) is 0 Å². The summed E-state index contributed by atoms with van der Waals surface area (Å²) in [7, 11) is 0. The summed E-state index contributed by atoms with van der Waals surface area (Å²) in [5.74, 6) is 1.03.